The summed E-state index contributed by atoms with van der Waals surface area (Å²) in [4.78, 5) is 64.4. The number of hydrogen-bond donors (Lipinski definition) is 5. The first-order chi connectivity index (χ1) is 22.7. The number of rotatable bonds is 4. The Morgan fingerprint density at radius 1 is 0.872 bits per heavy atom. The van der Waals surface area contributed by atoms with E-state index in [1.165, 1.54) is 4.90 Å². The number of hydrogen-bond acceptors (Lipinski definition) is 7. The molecular formula is C35H45N7O5. The van der Waals surface area contributed by atoms with Gasteiger partial charge in [-0.1, -0.05) is 48.5 Å². The number of H-pyrrole nitrogens is 1. The van der Waals surface area contributed by atoms with Crippen molar-refractivity contribution in [3.63, 3.8) is 0 Å². The van der Waals surface area contributed by atoms with Crippen LogP contribution >= 0.6 is 0 Å². The monoisotopic (exact) mass is 643 g/mol. The van der Waals surface area contributed by atoms with Crippen molar-refractivity contribution in [1.82, 2.24) is 35.6 Å². The van der Waals surface area contributed by atoms with E-state index in [9.17, 15) is 24.3 Å². The van der Waals surface area contributed by atoms with Gasteiger partial charge in [0.15, 0.2) is 0 Å². The normalized spacial score (nSPS) is 27.9. The molecule has 0 bridgehead atoms. The molecule has 2 aromatic carbocycles. The van der Waals surface area contributed by atoms with E-state index in [2.05, 4.69) is 37.8 Å². The Morgan fingerprint density at radius 2 is 1.60 bits per heavy atom. The minimum absolute atomic E-state index is 0.0318. The number of nitrogens with zero attached hydrogens (tertiary/aromatic N) is 3. The quantitative estimate of drug-likeness (QED) is 0.284. The average Bonchev–Trinajstić information content (AvgIpc) is 3.67. The number of nitrogens with one attached hydrogen (secondary N) is 4. The molecule has 0 aliphatic carbocycles. The van der Waals surface area contributed by atoms with Crippen LogP contribution in [0.1, 0.15) is 43.4 Å². The number of aromatic nitrogens is 1. The molecule has 5 atom stereocenters. The highest BCUT2D eigenvalue weighted by molar-refractivity contribution is 5.95. The maximum Gasteiger partial charge on any atom is 0.246 e. The third-order valence-electron chi connectivity index (χ3n) is 9.84. The molecule has 12 nitrogen and oxygen atoms in total. The highest BCUT2D eigenvalue weighted by atomic mass is 16.3. The average molecular weight is 644 g/mol. The van der Waals surface area contributed by atoms with Crippen molar-refractivity contribution in [1.29, 1.82) is 0 Å². The molecule has 6 rings (SSSR count). The second-order valence-electron chi connectivity index (χ2n) is 13.2. The number of likely N-dealkylation sites (tertiary alicyclic amines) is 1. The van der Waals surface area contributed by atoms with Crippen LogP contribution in [0.25, 0.3) is 10.9 Å². The molecule has 3 aliphatic rings. The zero-order valence-corrected chi connectivity index (χ0v) is 27.0. The summed E-state index contributed by atoms with van der Waals surface area (Å²) in [5.41, 5.74) is 2.66. The van der Waals surface area contributed by atoms with Crippen molar-refractivity contribution in [2.24, 2.45) is 0 Å². The van der Waals surface area contributed by atoms with Gasteiger partial charge >= 0.3 is 0 Å². The molecule has 4 heterocycles. The molecule has 3 saturated heterocycles. The van der Waals surface area contributed by atoms with Crippen molar-refractivity contribution in [3.8, 4) is 0 Å². The van der Waals surface area contributed by atoms with Gasteiger partial charge in [-0.2, -0.15) is 0 Å². The molecule has 4 amide bonds. The van der Waals surface area contributed by atoms with Crippen LogP contribution in [-0.2, 0) is 25.6 Å². The number of carbonyl (C=O) groups excluding carboxylic acids is 4. The van der Waals surface area contributed by atoms with Gasteiger partial charge in [0.2, 0.25) is 23.6 Å². The maximum atomic E-state index is 14.3. The fourth-order valence-corrected chi connectivity index (χ4v) is 7.18. The smallest absolute Gasteiger partial charge is 0.246 e. The number of fused-ring (bicyclic) bond motifs is 2. The first-order valence-corrected chi connectivity index (χ1v) is 16.6. The Labute approximate surface area is 274 Å². The van der Waals surface area contributed by atoms with E-state index in [4.69, 9.17) is 0 Å². The number of para-hydroxylation sites is 1. The van der Waals surface area contributed by atoms with Gasteiger partial charge in [-0.05, 0) is 57.1 Å². The largest absolute Gasteiger partial charge is 0.391 e. The molecule has 3 fully saturated rings. The van der Waals surface area contributed by atoms with Crippen LogP contribution in [0, 0.1) is 0 Å². The summed E-state index contributed by atoms with van der Waals surface area (Å²) < 4.78 is 0. The summed E-state index contributed by atoms with van der Waals surface area (Å²) in [6, 6.07) is 14.2. The SMILES string of the molecule is C[C@@H]1NC(=O)[C@@H]2C[C@@H](O)CN2C(=O)[C@@H](Cc2c[nH]c3ccccc23)NC(=O)CN(C2CCN(C)CC2)C[C@@H](c2ccccc2)NC1=O. The van der Waals surface area contributed by atoms with Gasteiger partial charge in [-0.25, -0.2) is 0 Å². The van der Waals surface area contributed by atoms with E-state index < -0.39 is 42.1 Å². The third-order valence-corrected chi connectivity index (χ3v) is 9.84. The standard InChI is InChI=1S/C35H45N7O5/c1-22-33(45)39-30(23-8-4-3-5-9-23)20-41(25-12-14-40(2)15-13-25)21-32(44)38-29(16-24-18-36-28-11-7-6-10-27(24)28)35(47)42-19-26(43)17-31(42)34(46)37-22/h3-11,18,22,25-26,29-31,36,43H,12-17,19-21H2,1-2H3,(H,37,46)(H,38,44)(H,39,45)/t22-,26+,29+,30-,31-/m0/s1. The van der Waals surface area contributed by atoms with Crippen molar-refractivity contribution in [2.45, 2.75) is 68.9 Å². The first-order valence-electron chi connectivity index (χ1n) is 16.6. The number of aliphatic hydroxyl groups is 1. The molecule has 250 valence electrons. The molecular weight excluding hydrogens is 598 g/mol. The molecule has 0 unspecified atom stereocenters. The van der Waals surface area contributed by atoms with Crippen LogP contribution in [0.3, 0.4) is 0 Å². The van der Waals surface area contributed by atoms with Crippen molar-refractivity contribution in [2.75, 3.05) is 39.8 Å². The highest BCUT2D eigenvalue weighted by Crippen LogP contribution is 2.25. The lowest BCUT2D eigenvalue weighted by molar-refractivity contribution is -0.142. The van der Waals surface area contributed by atoms with Crippen LogP contribution in [-0.4, -0.2) is 118 Å². The first kappa shape index (κ1) is 32.7. The lowest BCUT2D eigenvalue weighted by Crippen LogP contribution is -2.56. The molecule has 0 spiro atoms. The summed E-state index contributed by atoms with van der Waals surface area (Å²) >= 11 is 0. The van der Waals surface area contributed by atoms with E-state index in [0.29, 0.717) is 6.54 Å². The highest BCUT2D eigenvalue weighted by Gasteiger charge is 2.43. The van der Waals surface area contributed by atoms with Gasteiger partial charge in [-0.15, -0.1) is 0 Å². The fourth-order valence-electron chi connectivity index (χ4n) is 7.18. The van der Waals surface area contributed by atoms with Crippen LogP contribution in [0.15, 0.2) is 60.8 Å². The number of carbonyl (C=O) groups is 4. The maximum absolute atomic E-state index is 14.3. The van der Waals surface area contributed by atoms with Gasteiger partial charge in [0.25, 0.3) is 0 Å². The lowest BCUT2D eigenvalue weighted by Gasteiger charge is -2.39. The molecule has 5 N–H and O–H groups in total. The van der Waals surface area contributed by atoms with Crippen LogP contribution < -0.4 is 16.0 Å². The zero-order valence-electron chi connectivity index (χ0n) is 27.0. The number of benzene rings is 2. The molecule has 47 heavy (non-hydrogen) atoms. The lowest BCUT2D eigenvalue weighted by atomic mass is 10.00. The minimum Gasteiger partial charge on any atom is -0.391 e. The van der Waals surface area contributed by atoms with Gasteiger partial charge in [-0.3, -0.25) is 24.1 Å². The molecule has 1 aromatic heterocycles. The second-order valence-corrected chi connectivity index (χ2v) is 13.2. The third kappa shape index (κ3) is 7.50. The molecule has 3 aliphatic heterocycles. The number of aliphatic hydroxyl groups excluding tert-OH is 1. The van der Waals surface area contributed by atoms with Crippen LogP contribution in [0.4, 0.5) is 0 Å². The second kappa shape index (κ2) is 14.2. The van der Waals surface area contributed by atoms with Crippen LogP contribution in [0.2, 0.25) is 0 Å². The Kier molecular flexibility index (Phi) is 9.90. The predicted octanol–water partition coefficient (Wildman–Crippen LogP) is 0.929. The van der Waals surface area contributed by atoms with E-state index in [1.54, 1.807) is 6.92 Å². The van der Waals surface area contributed by atoms with Crippen LogP contribution in [0.5, 0.6) is 0 Å². The molecule has 3 aromatic rings. The number of piperidine rings is 1. The molecule has 0 radical (unpaired) electrons. The fraction of sp³-hybridized carbons (Fsp3) is 0.486. The van der Waals surface area contributed by atoms with Gasteiger partial charge < -0.3 is 35.8 Å². The number of amides is 4. The Hall–Kier alpha value is -4.26. The summed E-state index contributed by atoms with van der Waals surface area (Å²) in [5, 5.41) is 20.5. The van der Waals surface area contributed by atoms with Crippen molar-refractivity contribution < 1.29 is 24.3 Å². The Morgan fingerprint density at radius 3 is 2.36 bits per heavy atom. The van der Waals surface area contributed by atoms with E-state index in [0.717, 1.165) is 48.0 Å². The summed E-state index contributed by atoms with van der Waals surface area (Å²) in [6.45, 7) is 3.74. The van der Waals surface area contributed by atoms with E-state index >= 15 is 0 Å². The topological polar surface area (TPSA) is 150 Å². The summed E-state index contributed by atoms with van der Waals surface area (Å²) in [5.74, 6) is -1.65. The van der Waals surface area contributed by atoms with Gasteiger partial charge in [0.05, 0.1) is 18.7 Å². The summed E-state index contributed by atoms with van der Waals surface area (Å²) in [7, 11) is 2.08. The number of aromatic amines is 1. The molecule has 0 saturated carbocycles. The van der Waals surface area contributed by atoms with Crippen molar-refractivity contribution >= 4 is 34.5 Å². The van der Waals surface area contributed by atoms with Gasteiger partial charge in [0.1, 0.15) is 18.1 Å². The van der Waals surface area contributed by atoms with Gasteiger partial charge in [0, 0.05) is 49.1 Å². The molecule has 12 heteroatoms. The van der Waals surface area contributed by atoms with E-state index in [-0.39, 0.29) is 43.8 Å². The Balaban J connectivity index is 1.36. The Bertz CT molecular complexity index is 1590. The summed E-state index contributed by atoms with van der Waals surface area (Å²) in [6.07, 6.45) is 2.89. The zero-order chi connectivity index (χ0) is 33.1. The van der Waals surface area contributed by atoms with E-state index in [1.807, 2.05) is 60.8 Å². The minimum atomic E-state index is -0.985. The predicted molar refractivity (Wildman–Crippen MR) is 177 cm³/mol. The van der Waals surface area contributed by atoms with Crippen molar-refractivity contribution in [3.05, 3.63) is 71.9 Å².